The molecular weight excluding hydrogens is 338 g/mol. The van der Waals surface area contributed by atoms with Crippen molar-refractivity contribution in [3.05, 3.63) is 71.8 Å². The summed E-state index contributed by atoms with van der Waals surface area (Å²) in [4.78, 5) is 0. The second-order valence-electron chi connectivity index (χ2n) is 8.70. The number of hydrogen-bond acceptors (Lipinski definition) is 1. The molecule has 28 heavy (non-hydrogen) atoms. The highest BCUT2D eigenvalue weighted by molar-refractivity contribution is 5.26. The fourth-order valence-electron chi connectivity index (χ4n) is 5.16. The summed E-state index contributed by atoms with van der Waals surface area (Å²) in [6, 6.07) is 11.4. The lowest BCUT2D eigenvalue weighted by Crippen LogP contribution is -2.22. The zero-order chi connectivity index (χ0) is 19.8. The topological polar surface area (TPSA) is 23.8 Å². The van der Waals surface area contributed by atoms with Gasteiger partial charge in [-0.15, -0.1) is 0 Å². The van der Waals surface area contributed by atoms with Gasteiger partial charge < -0.3 is 0 Å². The van der Waals surface area contributed by atoms with Gasteiger partial charge in [0.2, 0.25) is 0 Å². The molecule has 0 aliphatic heterocycles. The zero-order valence-electron chi connectivity index (χ0n) is 17.4. The molecule has 2 fully saturated rings. The lowest BCUT2D eigenvalue weighted by atomic mass is 9.70. The molecule has 0 radical (unpaired) electrons. The number of allylic oxidation sites excluding steroid dienone is 5. The summed E-state index contributed by atoms with van der Waals surface area (Å²) in [6.45, 7) is 6.79. The molecule has 0 N–H and O–H groups in total. The molecule has 0 atom stereocenters. The Morgan fingerprint density at radius 3 is 2.14 bits per heavy atom. The maximum Gasteiger partial charge on any atom is 0.0912 e. The van der Waals surface area contributed by atoms with Crippen LogP contribution < -0.4 is 0 Å². The zero-order valence-corrected chi connectivity index (χ0v) is 17.4. The predicted octanol–water partition coefficient (Wildman–Crippen LogP) is 7.52. The van der Waals surface area contributed by atoms with Gasteiger partial charge in [0, 0.05) is 6.08 Å². The first kappa shape index (κ1) is 20.7. The maximum absolute atomic E-state index is 8.54. The average molecular weight is 374 g/mol. The van der Waals surface area contributed by atoms with Crippen molar-refractivity contribution in [1.82, 2.24) is 0 Å². The molecule has 1 aromatic carbocycles. The minimum Gasteiger partial charge on any atom is -0.193 e. The van der Waals surface area contributed by atoms with E-state index in [1.54, 1.807) is 17.2 Å². The van der Waals surface area contributed by atoms with Gasteiger partial charge in [-0.3, -0.25) is 0 Å². The third kappa shape index (κ3) is 5.48. The van der Waals surface area contributed by atoms with E-state index in [1.165, 1.54) is 56.9 Å². The summed E-state index contributed by atoms with van der Waals surface area (Å²) in [7, 11) is 0. The van der Waals surface area contributed by atoms with Crippen LogP contribution in [0.1, 0.15) is 75.3 Å². The van der Waals surface area contributed by atoms with Gasteiger partial charge in [0.15, 0.2) is 0 Å². The Hall–Kier alpha value is -2.07. The predicted molar refractivity (Wildman–Crippen MR) is 119 cm³/mol. The summed E-state index contributed by atoms with van der Waals surface area (Å²) in [6.07, 6.45) is 19.2. The van der Waals surface area contributed by atoms with Crippen LogP contribution in [0.2, 0.25) is 0 Å². The van der Waals surface area contributed by atoms with Crippen molar-refractivity contribution < 1.29 is 0 Å². The molecule has 2 aliphatic rings. The summed E-state index contributed by atoms with van der Waals surface area (Å²) in [5, 5.41) is 8.54. The Balaban J connectivity index is 1.44. The minimum absolute atomic E-state index is 0.675. The Bertz CT molecular complexity index is 715. The van der Waals surface area contributed by atoms with Gasteiger partial charge in [0.25, 0.3) is 0 Å². The van der Waals surface area contributed by atoms with E-state index in [4.69, 9.17) is 5.26 Å². The van der Waals surface area contributed by atoms with Crippen LogP contribution in [0.4, 0.5) is 0 Å². The van der Waals surface area contributed by atoms with Crippen molar-refractivity contribution in [2.24, 2.45) is 17.8 Å². The van der Waals surface area contributed by atoms with E-state index in [9.17, 15) is 0 Å². The molecule has 0 spiro atoms. The number of benzene rings is 1. The van der Waals surface area contributed by atoms with E-state index in [0.717, 1.165) is 24.2 Å². The second-order valence-corrected chi connectivity index (χ2v) is 8.70. The van der Waals surface area contributed by atoms with Crippen LogP contribution >= 0.6 is 0 Å². The molecule has 3 rings (SSSR count). The first-order valence-electron chi connectivity index (χ1n) is 11.2. The molecule has 1 aromatic rings. The summed E-state index contributed by atoms with van der Waals surface area (Å²) >= 11 is 0. The highest BCUT2D eigenvalue weighted by Gasteiger charge is 2.29. The minimum atomic E-state index is 0.675. The number of nitrogens with zero attached hydrogens (tertiary/aromatic N) is 1. The molecule has 1 heteroatoms. The quantitative estimate of drug-likeness (QED) is 0.287. The third-order valence-corrected chi connectivity index (χ3v) is 7.07. The van der Waals surface area contributed by atoms with Crippen molar-refractivity contribution >= 4 is 0 Å². The van der Waals surface area contributed by atoms with Gasteiger partial charge in [0.1, 0.15) is 0 Å². The van der Waals surface area contributed by atoms with Crippen molar-refractivity contribution in [1.29, 1.82) is 5.26 Å². The molecule has 0 unspecified atom stereocenters. The van der Waals surface area contributed by atoms with E-state index in [2.05, 4.69) is 43.8 Å². The van der Waals surface area contributed by atoms with Crippen LogP contribution in [-0.4, -0.2) is 0 Å². The summed E-state index contributed by atoms with van der Waals surface area (Å²) < 4.78 is 0. The average Bonchev–Trinajstić information content (AvgIpc) is 2.77. The molecule has 2 aliphatic carbocycles. The Morgan fingerprint density at radius 2 is 1.57 bits per heavy atom. The van der Waals surface area contributed by atoms with Crippen molar-refractivity contribution in [2.45, 2.75) is 70.6 Å². The highest BCUT2D eigenvalue weighted by atomic mass is 14.3. The molecular formula is C27H35N. The smallest absolute Gasteiger partial charge is 0.0912 e. The molecule has 0 bridgehead atoms. The van der Waals surface area contributed by atoms with Crippen LogP contribution in [0.15, 0.2) is 60.7 Å². The van der Waals surface area contributed by atoms with Crippen molar-refractivity contribution in [3.63, 3.8) is 0 Å². The van der Waals surface area contributed by atoms with E-state index in [1.807, 2.05) is 18.2 Å². The summed E-state index contributed by atoms with van der Waals surface area (Å²) in [5.41, 5.74) is 4.53. The van der Waals surface area contributed by atoms with Gasteiger partial charge in [-0.05, 0) is 92.6 Å². The molecule has 0 aromatic heterocycles. The normalized spacial score (nSPS) is 28.4. The molecule has 148 valence electrons. The number of nitriles is 1. The fourth-order valence-corrected chi connectivity index (χ4v) is 5.16. The summed E-state index contributed by atoms with van der Waals surface area (Å²) in [5.74, 6) is 2.89. The van der Waals surface area contributed by atoms with E-state index >= 15 is 0 Å². The number of rotatable bonds is 6. The molecule has 0 heterocycles. The lowest BCUT2D eigenvalue weighted by Gasteiger charge is -2.36. The van der Waals surface area contributed by atoms with Crippen molar-refractivity contribution in [2.75, 3.05) is 0 Å². The van der Waals surface area contributed by atoms with Crippen LogP contribution in [0, 0.1) is 29.1 Å². The van der Waals surface area contributed by atoms with E-state index < -0.39 is 0 Å². The molecule has 0 amide bonds. The molecule has 0 saturated heterocycles. The Kier molecular flexibility index (Phi) is 7.72. The molecule has 2 saturated carbocycles. The van der Waals surface area contributed by atoms with Gasteiger partial charge in [-0.1, -0.05) is 61.6 Å². The van der Waals surface area contributed by atoms with Gasteiger partial charge in [-0.25, -0.2) is 0 Å². The van der Waals surface area contributed by atoms with Gasteiger partial charge >= 0.3 is 0 Å². The van der Waals surface area contributed by atoms with Gasteiger partial charge in [0.05, 0.1) is 6.07 Å². The lowest BCUT2D eigenvalue weighted by molar-refractivity contribution is 0.290. The van der Waals surface area contributed by atoms with Crippen molar-refractivity contribution in [3.8, 4) is 6.07 Å². The monoisotopic (exact) mass is 373 g/mol. The first-order valence-corrected chi connectivity index (χ1v) is 11.2. The Morgan fingerprint density at radius 1 is 0.964 bits per heavy atom. The number of hydrogen-bond donors (Lipinski definition) is 0. The number of aryl methyl sites for hydroxylation is 1. The van der Waals surface area contributed by atoms with E-state index in [0.29, 0.717) is 5.92 Å². The fraction of sp³-hybridized carbons (Fsp3) is 0.519. The van der Waals surface area contributed by atoms with Crippen LogP contribution in [-0.2, 0) is 6.42 Å². The third-order valence-electron chi connectivity index (χ3n) is 7.07. The first-order chi connectivity index (χ1) is 13.7. The maximum atomic E-state index is 8.54. The Labute approximate surface area is 171 Å². The van der Waals surface area contributed by atoms with Crippen LogP contribution in [0.3, 0.4) is 0 Å². The highest BCUT2D eigenvalue weighted by Crippen LogP contribution is 2.43. The largest absolute Gasteiger partial charge is 0.193 e. The van der Waals surface area contributed by atoms with Crippen LogP contribution in [0.5, 0.6) is 0 Å². The second kappa shape index (κ2) is 10.5. The van der Waals surface area contributed by atoms with E-state index in [-0.39, 0.29) is 0 Å². The van der Waals surface area contributed by atoms with Gasteiger partial charge in [-0.2, -0.15) is 5.26 Å². The molecule has 1 nitrogen and oxygen atoms in total. The SMILES string of the molecule is C=C(C1CCC(C=CC=CC#N)CC1)C1CCC(c2ccc(CC)cc2)CC1. The standard InChI is InChI=1S/C27H35N/c1-3-22-8-14-26(15-9-22)27-18-16-25(17-19-27)21(2)24-12-10-23(11-13-24)7-5-4-6-20-28/h4-9,14-15,23-25,27H,2-3,10-13,16-19H2,1H3. The van der Waals surface area contributed by atoms with Crippen LogP contribution in [0.25, 0.3) is 0 Å².